The van der Waals surface area contributed by atoms with Crippen LogP contribution in [0.25, 0.3) is 10.9 Å². The van der Waals surface area contributed by atoms with Gasteiger partial charge in [0.1, 0.15) is 0 Å². The van der Waals surface area contributed by atoms with Gasteiger partial charge in [-0.3, -0.25) is 0 Å². The van der Waals surface area contributed by atoms with Gasteiger partial charge in [0.25, 0.3) is 0 Å². The molecule has 4 rings (SSSR count). The summed E-state index contributed by atoms with van der Waals surface area (Å²) in [4.78, 5) is 3.28. The molecule has 2 aromatic heterocycles. The average molecular weight is 490 g/mol. The molecule has 0 bridgehead atoms. The van der Waals surface area contributed by atoms with Crippen LogP contribution < -0.4 is 10.6 Å². The van der Waals surface area contributed by atoms with Gasteiger partial charge >= 0.3 is 0 Å². The molecule has 29 heavy (non-hydrogen) atoms. The van der Waals surface area contributed by atoms with E-state index in [0.717, 1.165) is 25.1 Å². The predicted molar refractivity (Wildman–Crippen MR) is 125 cm³/mol. The zero-order valence-corrected chi connectivity index (χ0v) is 18.6. The van der Waals surface area contributed by atoms with E-state index in [4.69, 9.17) is 0 Å². The third kappa shape index (κ3) is 5.51. The molecule has 0 unspecified atom stereocenters. The normalized spacial score (nSPS) is 12.2. The number of aromatic amines is 1. The van der Waals surface area contributed by atoms with Gasteiger partial charge in [-0.2, -0.15) is 0 Å². The van der Waals surface area contributed by atoms with Crippen molar-refractivity contribution >= 4 is 60.8 Å². The molecule has 0 saturated carbocycles. The van der Waals surface area contributed by atoms with E-state index in [1.807, 2.05) is 42.6 Å². The number of H-pyrrole nitrogens is 1. The lowest BCUT2D eigenvalue weighted by molar-refractivity contribution is 0.213. The molecule has 0 aliphatic heterocycles. The Morgan fingerprint density at radius 1 is 1.10 bits per heavy atom. The molecule has 4 N–H and O–H groups in total. The number of hydrogen-bond acceptors (Lipinski definition) is 7. The van der Waals surface area contributed by atoms with Crippen molar-refractivity contribution in [1.29, 1.82) is 0 Å². The first kappa shape index (κ1) is 20.2. The lowest BCUT2D eigenvalue weighted by Gasteiger charge is -2.11. The second kappa shape index (κ2) is 9.62. The number of halogens is 1. The van der Waals surface area contributed by atoms with Gasteiger partial charge in [0, 0.05) is 46.1 Å². The molecule has 0 spiro atoms. The van der Waals surface area contributed by atoms with E-state index in [9.17, 15) is 5.11 Å². The van der Waals surface area contributed by atoms with E-state index in [-0.39, 0.29) is 0 Å². The molecule has 2 heterocycles. The Labute approximate surface area is 185 Å². The van der Waals surface area contributed by atoms with Gasteiger partial charge in [0.05, 0.1) is 6.10 Å². The lowest BCUT2D eigenvalue weighted by Crippen LogP contribution is -2.21. The van der Waals surface area contributed by atoms with Gasteiger partial charge in [-0.1, -0.05) is 57.2 Å². The van der Waals surface area contributed by atoms with Crippen LogP contribution in [0.2, 0.25) is 0 Å². The number of hydrogen-bond donors (Lipinski definition) is 4. The van der Waals surface area contributed by atoms with Crippen LogP contribution in [0.1, 0.15) is 5.56 Å². The molecule has 9 heteroatoms. The fourth-order valence-corrected chi connectivity index (χ4v) is 4.78. The lowest BCUT2D eigenvalue weighted by atomic mass is 10.2. The number of rotatable bonds is 9. The summed E-state index contributed by atoms with van der Waals surface area (Å²) in [7, 11) is 0. The van der Waals surface area contributed by atoms with E-state index in [0.29, 0.717) is 18.8 Å². The van der Waals surface area contributed by atoms with Crippen LogP contribution in [0, 0.1) is 0 Å². The van der Waals surface area contributed by atoms with Crippen molar-refractivity contribution in [1.82, 2.24) is 15.2 Å². The van der Waals surface area contributed by atoms with E-state index >= 15 is 0 Å². The SMILES string of the molecule is O[C@H](CNc1ccc(Br)cc1)CSc1nnc(NCc2c[nH]c3ccccc23)s1. The van der Waals surface area contributed by atoms with Crippen molar-refractivity contribution in [2.45, 2.75) is 17.0 Å². The number of nitrogens with zero attached hydrogens (tertiary/aromatic N) is 2. The first-order valence-electron chi connectivity index (χ1n) is 9.10. The van der Waals surface area contributed by atoms with Crippen LogP contribution >= 0.6 is 39.0 Å². The summed E-state index contributed by atoms with van der Waals surface area (Å²) in [5.41, 5.74) is 3.31. The maximum Gasteiger partial charge on any atom is 0.206 e. The molecule has 0 fully saturated rings. The van der Waals surface area contributed by atoms with Crippen LogP contribution in [-0.2, 0) is 6.54 Å². The van der Waals surface area contributed by atoms with Crippen LogP contribution in [0.4, 0.5) is 10.8 Å². The zero-order chi connectivity index (χ0) is 20.1. The van der Waals surface area contributed by atoms with Crippen LogP contribution in [0.15, 0.2) is 63.5 Å². The first-order valence-corrected chi connectivity index (χ1v) is 11.7. The third-order valence-corrected chi connectivity index (χ3v) is 6.98. The predicted octanol–water partition coefficient (Wildman–Crippen LogP) is 4.96. The Kier molecular flexibility index (Phi) is 6.70. The molecule has 0 amide bonds. The minimum absolute atomic E-state index is 0.477. The number of thioether (sulfide) groups is 1. The molecule has 0 saturated heterocycles. The standard InChI is InChI=1S/C20H20BrN5OS2/c21-14-5-7-15(8-6-14)22-11-16(27)12-28-20-26-25-19(29-20)24-10-13-9-23-18-4-2-1-3-17(13)18/h1-9,16,22-23,27H,10-12H2,(H,24,25)/t16-/m1/s1. The van der Waals surface area contributed by atoms with E-state index in [2.05, 4.69) is 53.9 Å². The topological polar surface area (TPSA) is 85.9 Å². The summed E-state index contributed by atoms with van der Waals surface area (Å²) in [5.74, 6) is 0.556. The van der Waals surface area contributed by atoms with Crippen molar-refractivity contribution in [3.63, 3.8) is 0 Å². The van der Waals surface area contributed by atoms with Gasteiger partial charge in [0.15, 0.2) is 4.34 Å². The number of aromatic nitrogens is 3. The summed E-state index contributed by atoms with van der Waals surface area (Å²) < 4.78 is 1.87. The highest BCUT2D eigenvalue weighted by Gasteiger charge is 2.10. The number of aliphatic hydroxyl groups excluding tert-OH is 1. The maximum atomic E-state index is 10.2. The van der Waals surface area contributed by atoms with E-state index < -0.39 is 6.10 Å². The van der Waals surface area contributed by atoms with Gasteiger partial charge in [-0.15, -0.1) is 10.2 Å². The molecule has 0 radical (unpaired) electrons. The second-order valence-corrected chi connectivity index (χ2v) is 9.60. The van der Waals surface area contributed by atoms with Gasteiger partial charge in [-0.25, -0.2) is 0 Å². The number of para-hydroxylation sites is 1. The summed E-state index contributed by atoms with van der Waals surface area (Å²) in [6, 6.07) is 16.1. The zero-order valence-electron chi connectivity index (χ0n) is 15.4. The molecular formula is C20H20BrN5OS2. The number of aliphatic hydroxyl groups is 1. The first-order chi connectivity index (χ1) is 14.2. The maximum absolute atomic E-state index is 10.2. The molecule has 4 aromatic rings. The average Bonchev–Trinajstić information content (AvgIpc) is 3.37. The number of anilines is 2. The molecule has 0 aliphatic carbocycles. The van der Waals surface area contributed by atoms with Gasteiger partial charge < -0.3 is 20.7 Å². The van der Waals surface area contributed by atoms with Crippen LogP contribution in [0.3, 0.4) is 0 Å². The minimum atomic E-state index is -0.477. The Bertz CT molecular complexity index is 1070. The summed E-state index contributed by atoms with van der Waals surface area (Å²) in [5, 5.41) is 27.2. The monoisotopic (exact) mass is 489 g/mol. The smallest absolute Gasteiger partial charge is 0.206 e. The van der Waals surface area contributed by atoms with Crippen molar-refractivity contribution in [3.8, 4) is 0 Å². The summed E-state index contributed by atoms with van der Waals surface area (Å²) in [6.07, 6.45) is 1.54. The highest BCUT2D eigenvalue weighted by atomic mass is 79.9. The van der Waals surface area contributed by atoms with Crippen LogP contribution in [0.5, 0.6) is 0 Å². The molecule has 2 aromatic carbocycles. The van der Waals surface area contributed by atoms with Gasteiger partial charge in [0.2, 0.25) is 5.13 Å². The molecule has 1 atom stereocenters. The van der Waals surface area contributed by atoms with E-state index in [1.165, 1.54) is 34.0 Å². The summed E-state index contributed by atoms with van der Waals surface area (Å²) in [6.45, 7) is 1.17. The molecule has 0 aliphatic rings. The quantitative estimate of drug-likeness (QED) is 0.248. The van der Waals surface area contributed by atoms with Crippen molar-refractivity contribution < 1.29 is 5.11 Å². The van der Waals surface area contributed by atoms with E-state index in [1.54, 1.807) is 0 Å². The molecule has 6 nitrogen and oxygen atoms in total. The Balaban J connectivity index is 1.23. The molecule has 150 valence electrons. The third-order valence-electron chi connectivity index (χ3n) is 4.30. The largest absolute Gasteiger partial charge is 0.390 e. The highest BCUT2D eigenvalue weighted by Crippen LogP contribution is 2.27. The van der Waals surface area contributed by atoms with Crippen molar-refractivity contribution in [3.05, 3.63) is 64.8 Å². The Morgan fingerprint density at radius 2 is 1.93 bits per heavy atom. The number of fused-ring (bicyclic) bond motifs is 1. The fourth-order valence-electron chi connectivity index (χ4n) is 2.82. The van der Waals surface area contributed by atoms with Crippen molar-refractivity contribution in [2.24, 2.45) is 0 Å². The summed E-state index contributed by atoms with van der Waals surface area (Å²) >= 11 is 6.43. The van der Waals surface area contributed by atoms with Crippen LogP contribution in [-0.4, -0.2) is 38.7 Å². The number of nitrogens with one attached hydrogen (secondary N) is 3. The second-order valence-electron chi connectivity index (χ2n) is 6.44. The minimum Gasteiger partial charge on any atom is -0.390 e. The number of benzene rings is 2. The van der Waals surface area contributed by atoms with Gasteiger partial charge in [-0.05, 0) is 35.9 Å². The highest BCUT2D eigenvalue weighted by molar-refractivity contribution is 9.10. The fraction of sp³-hybridized carbons (Fsp3) is 0.200. The Hall–Kier alpha value is -2.07. The Morgan fingerprint density at radius 3 is 2.79 bits per heavy atom. The molecular weight excluding hydrogens is 470 g/mol. The van der Waals surface area contributed by atoms with Crippen molar-refractivity contribution in [2.75, 3.05) is 22.9 Å².